The standard InChI is InChI=1S/C15H26IN3O7/c16-12(20)2-1-11(15(25)26)19-7-5-17(9-13(21)22)3-4-18(6-8-19)10-14(23)24/h11-12,20H,1-10H2,(H,21,22)(H,23,24)(H,25,26). The molecule has 1 heterocycles. The number of carboxylic acid groups (broad SMARTS) is 3. The Morgan fingerprint density at radius 3 is 1.58 bits per heavy atom. The van der Waals surface area contributed by atoms with Gasteiger partial charge in [0.25, 0.3) is 0 Å². The van der Waals surface area contributed by atoms with Gasteiger partial charge in [0.2, 0.25) is 0 Å². The third-order valence-electron chi connectivity index (χ3n) is 4.26. The predicted molar refractivity (Wildman–Crippen MR) is 100 cm³/mol. The van der Waals surface area contributed by atoms with Crippen molar-refractivity contribution in [2.45, 2.75) is 23.0 Å². The smallest absolute Gasteiger partial charge is 0.320 e. The summed E-state index contributed by atoms with van der Waals surface area (Å²) >= 11 is 1.82. The summed E-state index contributed by atoms with van der Waals surface area (Å²) in [6.45, 7) is 1.92. The Kier molecular flexibility index (Phi) is 10.3. The van der Waals surface area contributed by atoms with Crippen LogP contribution in [0.15, 0.2) is 0 Å². The van der Waals surface area contributed by atoms with Crippen molar-refractivity contribution in [2.75, 3.05) is 52.4 Å². The molecule has 0 aromatic heterocycles. The van der Waals surface area contributed by atoms with Crippen LogP contribution in [-0.2, 0) is 14.4 Å². The summed E-state index contributed by atoms with van der Waals surface area (Å²) in [6.07, 6.45) is 0.586. The first-order chi connectivity index (χ1) is 12.2. The highest BCUT2D eigenvalue weighted by atomic mass is 127. The topological polar surface area (TPSA) is 142 Å². The lowest BCUT2D eigenvalue weighted by Gasteiger charge is -2.30. The molecule has 0 bridgehead atoms. The summed E-state index contributed by atoms with van der Waals surface area (Å²) < 4.78 is -0.640. The molecule has 0 radical (unpaired) electrons. The molecular weight excluding hydrogens is 461 g/mol. The van der Waals surface area contributed by atoms with Gasteiger partial charge in [-0.05, 0) is 12.8 Å². The fourth-order valence-corrected chi connectivity index (χ4v) is 3.29. The highest BCUT2D eigenvalue weighted by Crippen LogP contribution is 2.14. The molecule has 2 unspecified atom stereocenters. The highest BCUT2D eigenvalue weighted by molar-refractivity contribution is 14.1. The molecule has 0 spiro atoms. The SMILES string of the molecule is O=C(O)CN1CCN(CC(=O)O)CCN(C(CCC(O)I)C(=O)O)CC1. The Labute approximate surface area is 165 Å². The minimum atomic E-state index is -1.00. The maximum absolute atomic E-state index is 11.7. The van der Waals surface area contributed by atoms with Gasteiger partial charge in [-0.15, -0.1) is 0 Å². The molecule has 1 rings (SSSR count). The summed E-state index contributed by atoms with van der Waals surface area (Å²) in [4.78, 5) is 38.8. The summed E-state index contributed by atoms with van der Waals surface area (Å²) in [6, 6.07) is -0.809. The van der Waals surface area contributed by atoms with Crippen molar-refractivity contribution in [3.63, 3.8) is 0 Å². The van der Waals surface area contributed by atoms with Crippen LogP contribution in [0.25, 0.3) is 0 Å². The average Bonchev–Trinajstić information content (AvgIpc) is 2.59. The van der Waals surface area contributed by atoms with E-state index >= 15 is 0 Å². The van der Waals surface area contributed by atoms with Gasteiger partial charge >= 0.3 is 17.9 Å². The molecule has 0 amide bonds. The molecule has 2 atom stereocenters. The van der Waals surface area contributed by atoms with Crippen LogP contribution in [0.1, 0.15) is 12.8 Å². The van der Waals surface area contributed by atoms with Gasteiger partial charge in [0, 0.05) is 39.3 Å². The first kappa shape index (κ1) is 23.0. The van der Waals surface area contributed by atoms with Crippen LogP contribution in [-0.4, -0.2) is 116 Å². The Bertz CT molecular complexity index is 464. The Balaban J connectivity index is 2.88. The Hall–Kier alpha value is -1.02. The number of hydrogen-bond acceptors (Lipinski definition) is 7. The van der Waals surface area contributed by atoms with Crippen molar-refractivity contribution in [1.82, 2.24) is 14.7 Å². The van der Waals surface area contributed by atoms with E-state index in [2.05, 4.69) is 0 Å². The summed E-state index contributed by atoms with van der Waals surface area (Å²) in [7, 11) is 0. The molecular formula is C15H26IN3O7. The van der Waals surface area contributed by atoms with E-state index in [0.717, 1.165) is 0 Å². The second-order valence-corrected chi connectivity index (χ2v) is 7.68. The van der Waals surface area contributed by atoms with E-state index in [0.29, 0.717) is 45.7 Å². The van der Waals surface area contributed by atoms with Crippen LogP contribution in [0, 0.1) is 0 Å². The maximum Gasteiger partial charge on any atom is 0.320 e. The van der Waals surface area contributed by atoms with E-state index in [1.54, 1.807) is 14.7 Å². The molecule has 1 aliphatic heterocycles. The summed E-state index contributed by atoms with van der Waals surface area (Å²) in [5, 5.41) is 37.1. The van der Waals surface area contributed by atoms with Gasteiger partial charge in [0.1, 0.15) is 10.2 Å². The first-order valence-corrected chi connectivity index (χ1v) is 9.61. The second kappa shape index (κ2) is 11.6. The summed E-state index contributed by atoms with van der Waals surface area (Å²) in [5.74, 6) is -2.97. The zero-order chi connectivity index (χ0) is 19.7. The van der Waals surface area contributed by atoms with E-state index in [1.807, 2.05) is 22.6 Å². The molecule has 4 N–H and O–H groups in total. The van der Waals surface area contributed by atoms with Gasteiger partial charge in [-0.25, -0.2) is 0 Å². The molecule has 10 nitrogen and oxygen atoms in total. The van der Waals surface area contributed by atoms with Gasteiger partial charge < -0.3 is 20.4 Å². The van der Waals surface area contributed by atoms with Crippen molar-refractivity contribution in [2.24, 2.45) is 0 Å². The number of halogens is 1. The Morgan fingerprint density at radius 2 is 1.23 bits per heavy atom. The van der Waals surface area contributed by atoms with Crippen LogP contribution in [0.5, 0.6) is 0 Å². The number of aliphatic carboxylic acids is 3. The number of rotatable bonds is 9. The van der Waals surface area contributed by atoms with Gasteiger partial charge in [-0.1, -0.05) is 22.6 Å². The monoisotopic (exact) mass is 487 g/mol. The largest absolute Gasteiger partial charge is 0.480 e. The van der Waals surface area contributed by atoms with Crippen molar-refractivity contribution in [1.29, 1.82) is 0 Å². The fraction of sp³-hybridized carbons (Fsp3) is 0.800. The normalized spacial score (nSPS) is 20.5. The Morgan fingerprint density at radius 1 is 0.808 bits per heavy atom. The van der Waals surface area contributed by atoms with Gasteiger partial charge in [0.15, 0.2) is 0 Å². The fourth-order valence-electron chi connectivity index (χ4n) is 2.93. The number of aliphatic hydroxyl groups is 1. The van der Waals surface area contributed by atoms with Crippen molar-refractivity contribution in [3.8, 4) is 0 Å². The van der Waals surface area contributed by atoms with Crippen LogP contribution in [0.3, 0.4) is 0 Å². The number of carboxylic acids is 3. The number of nitrogens with zero attached hydrogens (tertiary/aromatic N) is 3. The number of hydrogen-bond donors (Lipinski definition) is 4. The minimum absolute atomic E-state index is 0.182. The predicted octanol–water partition coefficient (Wildman–Crippen LogP) is -0.938. The number of carbonyl (C=O) groups is 3. The lowest BCUT2D eigenvalue weighted by atomic mass is 10.1. The molecule has 1 aliphatic rings. The first-order valence-electron chi connectivity index (χ1n) is 8.36. The highest BCUT2D eigenvalue weighted by Gasteiger charge is 2.28. The summed E-state index contributed by atoms with van der Waals surface area (Å²) in [5.41, 5.74) is 0. The third kappa shape index (κ3) is 9.07. The number of alkyl halides is 1. The number of aliphatic hydroxyl groups excluding tert-OH is 1. The van der Waals surface area contributed by atoms with Crippen molar-refractivity contribution < 1.29 is 34.8 Å². The molecule has 0 aromatic carbocycles. The average molecular weight is 487 g/mol. The maximum atomic E-state index is 11.7. The van der Waals surface area contributed by atoms with Crippen LogP contribution in [0.2, 0.25) is 0 Å². The van der Waals surface area contributed by atoms with E-state index in [1.165, 1.54) is 0 Å². The molecule has 0 aromatic rings. The molecule has 1 saturated heterocycles. The molecule has 0 saturated carbocycles. The van der Waals surface area contributed by atoms with Gasteiger partial charge in [-0.3, -0.25) is 29.1 Å². The van der Waals surface area contributed by atoms with E-state index in [4.69, 9.17) is 10.2 Å². The van der Waals surface area contributed by atoms with E-state index in [-0.39, 0.29) is 19.5 Å². The zero-order valence-corrected chi connectivity index (χ0v) is 16.6. The van der Waals surface area contributed by atoms with Gasteiger partial charge in [0.05, 0.1) is 13.1 Å². The quantitative estimate of drug-likeness (QED) is 0.238. The lowest BCUT2D eigenvalue weighted by molar-refractivity contribution is -0.144. The molecule has 150 valence electrons. The third-order valence-corrected chi connectivity index (χ3v) is 4.88. The van der Waals surface area contributed by atoms with Gasteiger partial charge in [-0.2, -0.15) is 0 Å². The van der Waals surface area contributed by atoms with Crippen LogP contribution >= 0.6 is 22.6 Å². The van der Waals surface area contributed by atoms with Crippen LogP contribution in [0.4, 0.5) is 0 Å². The molecule has 26 heavy (non-hydrogen) atoms. The lowest BCUT2D eigenvalue weighted by Crippen LogP contribution is -2.47. The van der Waals surface area contributed by atoms with Crippen molar-refractivity contribution >= 4 is 40.5 Å². The molecule has 0 aliphatic carbocycles. The molecule has 11 heteroatoms. The minimum Gasteiger partial charge on any atom is -0.480 e. The van der Waals surface area contributed by atoms with E-state index in [9.17, 15) is 24.6 Å². The zero-order valence-electron chi connectivity index (χ0n) is 14.5. The van der Waals surface area contributed by atoms with Crippen LogP contribution < -0.4 is 0 Å². The second-order valence-electron chi connectivity index (χ2n) is 6.24. The van der Waals surface area contributed by atoms with E-state index < -0.39 is 28.1 Å². The molecule has 1 fully saturated rings. The van der Waals surface area contributed by atoms with Crippen molar-refractivity contribution in [3.05, 3.63) is 0 Å².